The number of nitrogens with zero attached hydrogens (tertiary/aromatic N) is 4. The first-order chi connectivity index (χ1) is 11.2. The molecule has 4 rings (SSSR count). The number of rotatable bonds is 3. The third-order valence-corrected chi connectivity index (χ3v) is 3.68. The number of methoxy groups -OCH3 is 1. The van der Waals surface area contributed by atoms with Crippen LogP contribution < -0.4 is 9.47 Å². The van der Waals surface area contributed by atoms with Crippen LogP contribution in [-0.2, 0) is 0 Å². The molecule has 1 N–H and O–H groups in total. The average molecular weight is 310 g/mol. The van der Waals surface area contributed by atoms with Crippen molar-refractivity contribution in [3.05, 3.63) is 36.0 Å². The van der Waals surface area contributed by atoms with Crippen molar-refractivity contribution < 1.29 is 14.6 Å². The summed E-state index contributed by atoms with van der Waals surface area (Å²) in [5.74, 6) is 2.13. The van der Waals surface area contributed by atoms with Crippen molar-refractivity contribution in [1.29, 1.82) is 0 Å². The van der Waals surface area contributed by atoms with Crippen molar-refractivity contribution in [2.75, 3.05) is 20.2 Å². The number of aromatic hydroxyl groups is 1. The number of pyridine rings is 1. The normalized spacial score (nSPS) is 15.0. The molecule has 7 heteroatoms. The minimum atomic E-state index is -0.171. The second-order valence-corrected chi connectivity index (χ2v) is 5.12. The molecule has 116 valence electrons. The molecule has 7 nitrogen and oxygen atoms in total. The maximum atomic E-state index is 9.53. The zero-order valence-corrected chi connectivity index (χ0v) is 12.4. The summed E-state index contributed by atoms with van der Waals surface area (Å²) in [5.41, 5.74) is 1.82. The van der Waals surface area contributed by atoms with Crippen LogP contribution in [0, 0.1) is 0 Å². The number of benzene rings is 1. The van der Waals surface area contributed by atoms with Gasteiger partial charge in [0.05, 0.1) is 31.9 Å². The molecule has 2 aromatic rings. The van der Waals surface area contributed by atoms with Crippen molar-refractivity contribution in [3.63, 3.8) is 0 Å². The van der Waals surface area contributed by atoms with Crippen LogP contribution in [0.5, 0.6) is 23.1 Å². The topological polar surface area (TPSA) is 79.5 Å². The van der Waals surface area contributed by atoms with E-state index in [1.165, 1.54) is 13.3 Å². The summed E-state index contributed by atoms with van der Waals surface area (Å²) in [5, 5.41) is 9.53. The number of aromatic nitrogens is 1. The fourth-order valence-electron chi connectivity index (χ4n) is 2.58. The van der Waals surface area contributed by atoms with E-state index in [0.29, 0.717) is 11.5 Å². The monoisotopic (exact) mass is 310 g/mol. The minimum Gasteiger partial charge on any atom is -0.491 e. The van der Waals surface area contributed by atoms with Gasteiger partial charge in [-0.3, -0.25) is 4.99 Å². The van der Waals surface area contributed by atoms with Crippen LogP contribution in [0.2, 0.25) is 0 Å². The quantitative estimate of drug-likeness (QED) is 0.941. The number of aliphatic imine (C=N–C) groups is 2. The van der Waals surface area contributed by atoms with Crippen LogP contribution in [0.15, 0.2) is 40.4 Å². The lowest BCUT2D eigenvalue weighted by atomic mass is 10.1. The first-order valence-corrected chi connectivity index (χ1v) is 7.15. The molecule has 23 heavy (non-hydrogen) atoms. The Kier molecular flexibility index (Phi) is 3.11. The lowest BCUT2D eigenvalue weighted by Crippen LogP contribution is -2.29. The van der Waals surface area contributed by atoms with E-state index in [9.17, 15) is 5.11 Å². The molecule has 0 radical (unpaired) electrons. The van der Waals surface area contributed by atoms with E-state index in [0.717, 1.165) is 30.2 Å². The summed E-state index contributed by atoms with van der Waals surface area (Å²) in [6.45, 7) is 1.62. The number of hydrogen-bond acceptors (Lipinski definition) is 7. The van der Waals surface area contributed by atoms with Gasteiger partial charge in [-0.05, 0) is 18.2 Å². The molecule has 0 saturated heterocycles. The van der Waals surface area contributed by atoms with Crippen molar-refractivity contribution in [2.24, 2.45) is 9.98 Å². The van der Waals surface area contributed by atoms with E-state index < -0.39 is 0 Å². The summed E-state index contributed by atoms with van der Waals surface area (Å²) < 4.78 is 10.8. The van der Waals surface area contributed by atoms with Gasteiger partial charge in [0.25, 0.3) is 5.88 Å². The van der Waals surface area contributed by atoms with Crippen LogP contribution in [0.4, 0.5) is 5.69 Å². The van der Waals surface area contributed by atoms with Gasteiger partial charge in [-0.1, -0.05) is 0 Å². The standard InChI is InChI=1S/C16H14N4O3/c1-22-14-7-11(8-18-16(14)21)23-10-2-3-13-12(6-10)15-17-4-5-20(15)9-19-13/h2-3,6-9H,4-5H2,1H3,(H,18,21). The Morgan fingerprint density at radius 1 is 1.22 bits per heavy atom. The van der Waals surface area contributed by atoms with Crippen LogP contribution in [-0.4, -0.2) is 47.4 Å². The zero-order chi connectivity index (χ0) is 15.8. The van der Waals surface area contributed by atoms with Crippen LogP contribution in [0.1, 0.15) is 5.56 Å². The minimum absolute atomic E-state index is 0.171. The first-order valence-electron chi connectivity index (χ1n) is 7.15. The van der Waals surface area contributed by atoms with Crippen molar-refractivity contribution in [1.82, 2.24) is 9.88 Å². The molecule has 0 amide bonds. The molecule has 1 aromatic carbocycles. The molecule has 1 aromatic heterocycles. The maximum Gasteiger partial charge on any atom is 0.254 e. The summed E-state index contributed by atoms with van der Waals surface area (Å²) >= 11 is 0. The van der Waals surface area contributed by atoms with E-state index >= 15 is 0 Å². The van der Waals surface area contributed by atoms with E-state index in [1.807, 2.05) is 29.4 Å². The van der Waals surface area contributed by atoms with Crippen LogP contribution >= 0.6 is 0 Å². The van der Waals surface area contributed by atoms with Gasteiger partial charge in [0, 0.05) is 18.2 Å². The molecule has 0 unspecified atom stereocenters. The SMILES string of the molecule is COc1cc(Oc2ccc3c(c2)C2=NCCN2C=N3)cnc1O. The van der Waals surface area contributed by atoms with Gasteiger partial charge in [-0.2, -0.15) is 0 Å². The Morgan fingerprint density at radius 3 is 3.00 bits per heavy atom. The van der Waals surface area contributed by atoms with E-state index in [4.69, 9.17) is 9.47 Å². The highest BCUT2D eigenvalue weighted by Crippen LogP contribution is 2.34. The zero-order valence-electron chi connectivity index (χ0n) is 12.4. The average Bonchev–Trinajstić information content (AvgIpc) is 3.05. The third-order valence-electron chi connectivity index (χ3n) is 3.68. The van der Waals surface area contributed by atoms with Crippen LogP contribution in [0.25, 0.3) is 0 Å². The largest absolute Gasteiger partial charge is 0.491 e. The predicted molar refractivity (Wildman–Crippen MR) is 85.2 cm³/mol. The highest BCUT2D eigenvalue weighted by atomic mass is 16.5. The molecular formula is C16H14N4O3. The third kappa shape index (κ3) is 2.36. The van der Waals surface area contributed by atoms with Crippen molar-refractivity contribution in [3.8, 4) is 23.1 Å². The second kappa shape index (κ2) is 5.28. The molecular weight excluding hydrogens is 296 g/mol. The Hall–Kier alpha value is -3.09. The summed E-state index contributed by atoms with van der Waals surface area (Å²) in [6, 6.07) is 7.22. The fourth-order valence-corrected chi connectivity index (χ4v) is 2.58. The Labute approximate surface area is 132 Å². The Balaban J connectivity index is 1.66. The summed E-state index contributed by atoms with van der Waals surface area (Å²) in [6.07, 6.45) is 3.25. The van der Waals surface area contributed by atoms with Gasteiger partial charge in [-0.25, -0.2) is 9.98 Å². The highest BCUT2D eigenvalue weighted by Gasteiger charge is 2.23. The van der Waals surface area contributed by atoms with E-state index in [-0.39, 0.29) is 11.6 Å². The summed E-state index contributed by atoms with van der Waals surface area (Å²) in [7, 11) is 1.46. The molecule has 0 saturated carbocycles. The van der Waals surface area contributed by atoms with Gasteiger partial charge in [0.15, 0.2) is 5.75 Å². The van der Waals surface area contributed by atoms with Gasteiger partial charge in [0.1, 0.15) is 17.3 Å². The van der Waals surface area contributed by atoms with Gasteiger partial charge in [0.2, 0.25) is 0 Å². The molecule has 0 atom stereocenters. The molecule has 0 fully saturated rings. The molecule has 2 aliphatic heterocycles. The first kappa shape index (κ1) is 13.6. The van der Waals surface area contributed by atoms with Crippen molar-refractivity contribution >= 4 is 17.9 Å². The second-order valence-electron chi connectivity index (χ2n) is 5.12. The molecule has 0 aliphatic carbocycles. The van der Waals surface area contributed by atoms with Crippen LogP contribution in [0.3, 0.4) is 0 Å². The predicted octanol–water partition coefficient (Wildman–Crippen LogP) is 2.32. The number of fused-ring (bicyclic) bond motifs is 3. The highest BCUT2D eigenvalue weighted by molar-refractivity contribution is 6.11. The fraction of sp³-hybridized carbons (Fsp3) is 0.188. The maximum absolute atomic E-state index is 9.53. The number of amidine groups is 1. The lowest BCUT2D eigenvalue weighted by Gasteiger charge is -2.21. The Bertz CT molecular complexity index is 832. The smallest absolute Gasteiger partial charge is 0.254 e. The number of hydrogen-bond donors (Lipinski definition) is 1. The molecule has 0 bridgehead atoms. The van der Waals surface area contributed by atoms with Gasteiger partial charge in [-0.15, -0.1) is 0 Å². The van der Waals surface area contributed by atoms with Crippen molar-refractivity contribution in [2.45, 2.75) is 0 Å². The molecule has 3 heterocycles. The number of ether oxygens (including phenoxy) is 2. The lowest BCUT2D eigenvalue weighted by molar-refractivity contribution is 0.358. The van der Waals surface area contributed by atoms with Gasteiger partial charge < -0.3 is 19.5 Å². The Morgan fingerprint density at radius 2 is 2.13 bits per heavy atom. The van der Waals surface area contributed by atoms with Gasteiger partial charge >= 0.3 is 0 Å². The molecule has 2 aliphatic rings. The molecule has 0 spiro atoms. The summed E-state index contributed by atoms with van der Waals surface area (Å²) in [4.78, 5) is 14.8. The van der Waals surface area contributed by atoms with E-state index in [1.54, 1.807) is 6.07 Å². The van der Waals surface area contributed by atoms with E-state index in [2.05, 4.69) is 15.0 Å².